The van der Waals surface area contributed by atoms with Crippen LogP contribution in [0.3, 0.4) is 0 Å². The molecule has 2 aromatic rings. The van der Waals surface area contributed by atoms with Gasteiger partial charge in [-0.1, -0.05) is 56.7 Å². The average Bonchev–Trinajstić information content (AvgIpc) is 2.89. The Balaban J connectivity index is 2.26. The smallest absolute Gasteiger partial charge is 0.106 e. The van der Waals surface area contributed by atoms with Gasteiger partial charge in [-0.05, 0) is 23.1 Å². The zero-order valence-electron chi connectivity index (χ0n) is 12.6. The van der Waals surface area contributed by atoms with Crippen LogP contribution in [0.2, 0.25) is 5.02 Å². The van der Waals surface area contributed by atoms with Crippen LogP contribution < -0.4 is 0 Å². The highest BCUT2D eigenvalue weighted by Crippen LogP contribution is 2.33. The highest BCUT2D eigenvalue weighted by Gasteiger charge is 2.37. The Bertz CT molecular complexity index is 597. The van der Waals surface area contributed by atoms with Gasteiger partial charge in [-0.25, -0.2) is 4.98 Å². The molecule has 2 rings (SSSR count). The lowest BCUT2D eigenvalue weighted by Gasteiger charge is -2.38. The van der Waals surface area contributed by atoms with E-state index in [2.05, 4.69) is 4.98 Å². The molecule has 0 radical (unpaired) electrons. The van der Waals surface area contributed by atoms with Crippen molar-refractivity contribution >= 4 is 17.7 Å². The zero-order valence-corrected chi connectivity index (χ0v) is 13.4. The van der Waals surface area contributed by atoms with Gasteiger partial charge in [-0.2, -0.15) is 0 Å². The second-order valence-electron chi connectivity index (χ2n) is 6.29. The molecular weight excluding hydrogens is 284 g/mol. The van der Waals surface area contributed by atoms with E-state index in [9.17, 15) is 5.11 Å². The maximum Gasteiger partial charge on any atom is 0.106 e. The van der Waals surface area contributed by atoms with E-state index in [1.54, 1.807) is 12.5 Å². The molecular formula is C17H21ClN2O. The number of imidazole rings is 1. The highest BCUT2D eigenvalue weighted by atomic mass is 35.5. The van der Waals surface area contributed by atoms with Crippen LogP contribution in [0.15, 0.2) is 49.1 Å². The van der Waals surface area contributed by atoms with Crippen LogP contribution in [0.25, 0.3) is 6.08 Å². The van der Waals surface area contributed by atoms with Crippen LogP contribution in [0, 0.1) is 5.41 Å². The summed E-state index contributed by atoms with van der Waals surface area (Å²) in [5.74, 6) is 0. The first kappa shape index (κ1) is 15.8. The van der Waals surface area contributed by atoms with Gasteiger partial charge in [0.25, 0.3) is 0 Å². The number of benzene rings is 1. The Hall–Kier alpha value is -1.58. The first-order valence-electron chi connectivity index (χ1n) is 6.93. The number of aliphatic hydroxyl groups is 1. The number of hydrogen-bond donors (Lipinski definition) is 1. The SMILES string of the molecule is CC(C)(C)C(O)(/C=C/c1ccc(Cl)cc1)Cn1ccnc1. The van der Waals surface area contributed by atoms with E-state index in [1.165, 1.54) is 0 Å². The van der Waals surface area contributed by atoms with Crippen molar-refractivity contribution in [2.75, 3.05) is 0 Å². The third-order valence-corrected chi connectivity index (χ3v) is 3.96. The van der Waals surface area contributed by atoms with Crippen LogP contribution in [0.4, 0.5) is 0 Å². The monoisotopic (exact) mass is 304 g/mol. The Kier molecular flexibility index (Phi) is 4.55. The lowest BCUT2D eigenvalue weighted by molar-refractivity contribution is -0.0271. The van der Waals surface area contributed by atoms with Crippen molar-refractivity contribution in [1.82, 2.24) is 9.55 Å². The molecule has 0 fully saturated rings. The molecule has 0 saturated carbocycles. The molecule has 0 amide bonds. The molecule has 1 aromatic carbocycles. The quantitative estimate of drug-likeness (QED) is 0.926. The number of nitrogens with zero attached hydrogens (tertiary/aromatic N) is 2. The first-order chi connectivity index (χ1) is 9.80. The third kappa shape index (κ3) is 3.96. The molecule has 0 spiro atoms. The molecule has 112 valence electrons. The Morgan fingerprint density at radius 2 is 1.90 bits per heavy atom. The Morgan fingerprint density at radius 1 is 1.24 bits per heavy atom. The van der Waals surface area contributed by atoms with Crippen LogP contribution >= 0.6 is 11.6 Å². The first-order valence-corrected chi connectivity index (χ1v) is 7.31. The van der Waals surface area contributed by atoms with Gasteiger partial charge >= 0.3 is 0 Å². The summed E-state index contributed by atoms with van der Waals surface area (Å²) in [7, 11) is 0. The summed E-state index contributed by atoms with van der Waals surface area (Å²) in [6.07, 6.45) is 9.07. The molecule has 4 heteroatoms. The minimum Gasteiger partial charge on any atom is -0.383 e. The van der Waals surface area contributed by atoms with Gasteiger partial charge in [-0.3, -0.25) is 0 Å². The molecule has 0 bridgehead atoms. The van der Waals surface area contributed by atoms with Crippen molar-refractivity contribution in [2.45, 2.75) is 32.9 Å². The minimum absolute atomic E-state index is 0.305. The molecule has 3 nitrogen and oxygen atoms in total. The topological polar surface area (TPSA) is 38.0 Å². The summed E-state index contributed by atoms with van der Waals surface area (Å²) < 4.78 is 1.89. The number of hydrogen-bond acceptors (Lipinski definition) is 2. The maximum absolute atomic E-state index is 11.1. The van der Waals surface area contributed by atoms with Gasteiger partial charge in [0.05, 0.1) is 12.9 Å². The van der Waals surface area contributed by atoms with Crippen molar-refractivity contribution in [3.63, 3.8) is 0 Å². The predicted octanol–water partition coefficient (Wildman–Crippen LogP) is 4.03. The normalized spacial score (nSPS) is 15.3. The summed E-state index contributed by atoms with van der Waals surface area (Å²) in [6.45, 7) is 6.53. The van der Waals surface area contributed by atoms with Crippen LogP contribution in [-0.2, 0) is 6.54 Å². The number of halogens is 1. The molecule has 1 N–H and O–H groups in total. The van der Waals surface area contributed by atoms with Gasteiger partial charge in [0, 0.05) is 17.4 Å². The second kappa shape index (κ2) is 6.04. The average molecular weight is 305 g/mol. The van der Waals surface area contributed by atoms with E-state index >= 15 is 0 Å². The van der Waals surface area contributed by atoms with Crippen molar-refractivity contribution in [2.24, 2.45) is 5.41 Å². The largest absolute Gasteiger partial charge is 0.383 e. The van der Waals surface area contributed by atoms with Gasteiger partial charge < -0.3 is 9.67 Å². The fourth-order valence-corrected chi connectivity index (χ4v) is 2.13. The summed E-state index contributed by atoms with van der Waals surface area (Å²) in [5, 5.41) is 11.8. The third-order valence-electron chi connectivity index (χ3n) is 3.70. The van der Waals surface area contributed by atoms with E-state index in [1.807, 2.05) is 68.0 Å². The minimum atomic E-state index is -0.979. The summed E-state index contributed by atoms with van der Waals surface area (Å²) in [5.41, 5.74) is -0.277. The lowest BCUT2D eigenvalue weighted by atomic mass is 9.76. The molecule has 1 heterocycles. The molecule has 0 saturated heterocycles. The van der Waals surface area contributed by atoms with Gasteiger partial charge in [0.1, 0.15) is 5.60 Å². The maximum atomic E-state index is 11.1. The molecule has 0 aliphatic heterocycles. The van der Waals surface area contributed by atoms with Crippen molar-refractivity contribution in [1.29, 1.82) is 0 Å². The standard InChI is InChI=1S/C17H21ClN2O/c1-16(2,3)17(21,12-20-11-10-19-13-20)9-8-14-4-6-15(18)7-5-14/h4-11,13,21H,12H2,1-3H3/b9-8+. The number of aromatic nitrogens is 2. The van der Waals surface area contributed by atoms with Crippen molar-refractivity contribution in [3.05, 3.63) is 59.6 Å². The van der Waals surface area contributed by atoms with Gasteiger partial charge in [0.2, 0.25) is 0 Å². The molecule has 1 atom stereocenters. The van der Waals surface area contributed by atoms with Crippen molar-refractivity contribution < 1.29 is 5.11 Å². The highest BCUT2D eigenvalue weighted by molar-refractivity contribution is 6.30. The van der Waals surface area contributed by atoms with Gasteiger partial charge in [-0.15, -0.1) is 0 Å². The molecule has 21 heavy (non-hydrogen) atoms. The fraction of sp³-hybridized carbons (Fsp3) is 0.353. The fourth-order valence-electron chi connectivity index (χ4n) is 2.01. The lowest BCUT2D eigenvalue weighted by Crippen LogP contribution is -2.44. The molecule has 1 unspecified atom stereocenters. The van der Waals surface area contributed by atoms with Crippen LogP contribution in [0.1, 0.15) is 26.3 Å². The van der Waals surface area contributed by atoms with E-state index in [0.717, 1.165) is 5.56 Å². The second-order valence-corrected chi connectivity index (χ2v) is 6.73. The molecule has 0 aliphatic carbocycles. The molecule has 1 aromatic heterocycles. The molecule has 0 aliphatic rings. The zero-order chi connectivity index (χ0) is 15.5. The Labute approximate surface area is 130 Å². The van der Waals surface area contributed by atoms with Crippen LogP contribution in [-0.4, -0.2) is 20.3 Å². The van der Waals surface area contributed by atoms with Gasteiger partial charge in [0.15, 0.2) is 0 Å². The summed E-state index contributed by atoms with van der Waals surface area (Å²) in [6, 6.07) is 7.54. The van der Waals surface area contributed by atoms with E-state index < -0.39 is 5.60 Å². The summed E-state index contributed by atoms with van der Waals surface area (Å²) >= 11 is 5.89. The summed E-state index contributed by atoms with van der Waals surface area (Å²) in [4.78, 5) is 4.03. The Morgan fingerprint density at radius 3 is 2.43 bits per heavy atom. The predicted molar refractivity (Wildman–Crippen MR) is 87.1 cm³/mol. The van der Waals surface area contributed by atoms with Crippen LogP contribution in [0.5, 0.6) is 0 Å². The number of rotatable bonds is 4. The van der Waals surface area contributed by atoms with E-state index in [4.69, 9.17) is 11.6 Å². The van der Waals surface area contributed by atoms with Crippen molar-refractivity contribution in [3.8, 4) is 0 Å². The van der Waals surface area contributed by atoms with E-state index in [-0.39, 0.29) is 5.41 Å². The van der Waals surface area contributed by atoms with E-state index in [0.29, 0.717) is 11.6 Å².